The fourth-order valence-electron chi connectivity index (χ4n) is 2.44. The summed E-state index contributed by atoms with van der Waals surface area (Å²) in [6.07, 6.45) is 1.55. The van der Waals surface area contributed by atoms with Gasteiger partial charge in [0.1, 0.15) is 17.5 Å². The number of aromatic nitrogens is 2. The van der Waals surface area contributed by atoms with Crippen LogP contribution in [-0.2, 0) is 11.3 Å². The van der Waals surface area contributed by atoms with Gasteiger partial charge in [0.25, 0.3) is 5.56 Å². The lowest BCUT2D eigenvalue weighted by atomic mass is 10.2. The van der Waals surface area contributed by atoms with Gasteiger partial charge in [0.2, 0.25) is 11.6 Å². The molecule has 0 aliphatic carbocycles. The second kappa shape index (κ2) is 6.49. The quantitative estimate of drug-likeness (QED) is 0.787. The molecule has 0 atom stereocenters. The molecule has 6 nitrogen and oxygen atoms in total. The van der Waals surface area contributed by atoms with Crippen LogP contribution >= 0.6 is 11.6 Å². The number of halogens is 1. The molecule has 1 amide bonds. The van der Waals surface area contributed by atoms with Crippen LogP contribution in [0.2, 0.25) is 5.02 Å². The second-order valence-electron chi connectivity index (χ2n) is 5.52. The molecule has 0 bridgehead atoms. The molecule has 1 N–H and O–H groups in total. The first-order chi connectivity index (χ1) is 11.5. The van der Waals surface area contributed by atoms with E-state index in [9.17, 15) is 9.59 Å². The van der Waals surface area contributed by atoms with Gasteiger partial charge in [0.15, 0.2) is 0 Å². The molecule has 0 aliphatic heterocycles. The third kappa shape index (κ3) is 3.19. The summed E-state index contributed by atoms with van der Waals surface area (Å²) < 4.78 is 6.85. The number of anilines is 1. The third-order valence-corrected chi connectivity index (χ3v) is 4.08. The van der Waals surface area contributed by atoms with Crippen molar-refractivity contribution in [3.05, 3.63) is 57.3 Å². The number of hydrogen-bond acceptors (Lipinski definition) is 4. The Morgan fingerprint density at radius 1 is 1.38 bits per heavy atom. The van der Waals surface area contributed by atoms with Crippen molar-refractivity contribution in [2.75, 3.05) is 5.32 Å². The van der Waals surface area contributed by atoms with Crippen LogP contribution in [0.5, 0.6) is 0 Å². The van der Waals surface area contributed by atoms with E-state index in [2.05, 4.69) is 10.3 Å². The fourth-order valence-corrected chi connectivity index (χ4v) is 2.63. The first-order valence-corrected chi connectivity index (χ1v) is 7.84. The van der Waals surface area contributed by atoms with Crippen LogP contribution in [-0.4, -0.2) is 15.5 Å². The molecule has 2 aromatic heterocycles. The van der Waals surface area contributed by atoms with Gasteiger partial charge in [-0.15, -0.1) is 0 Å². The lowest BCUT2D eigenvalue weighted by Crippen LogP contribution is -2.23. The van der Waals surface area contributed by atoms with Gasteiger partial charge in [-0.05, 0) is 32.0 Å². The highest BCUT2D eigenvalue weighted by Crippen LogP contribution is 2.19. The van der Waals surface area contributed by atoms with Gasteiger partial charge < -0.3 is 9.73 Å². The van der Waals surface area contributed by atoms with Crippen molar-refractivity contribution in [1.82, 2.24) is 9.55 Å². The zero-order chi connectivity index (χ0) is 17.3. The monoisotopic (exact) mass is 345 g/mol. The Morgan fingerprint density at radius 3 is 2.92 bits per heavy atom. The Bertz CT molecular complexity index is 975. The van der Waals surface area contributed by atoms with Crippen molar-refractivity contribution in [3.8, 4) is 0 Å². The average Bonchev–Trinajstić information content (AvgIpc) is 2.82. The molecule has 124 valence electrons. The first kappa shape index (κ1) is 16.3. The van der Waals surface area contributed by atoms with Crippen LogP contribution < -0.4 is 10.9 Å². The van der Waals surface area contributed by atoms with Crippen molar-refractivity contribution in [1.29, 1.82) is 0 Å². The van der Waals surface area contributed by atoms with Crippen molar-refractivity contribution in [2.24, 2.45) is 0 Å². The van der Waals surface area contributed by atoms with Crippen molar-refractivity contribution in [2.45, 2.75) is 26.8 Å². The molecule has 0 saturated heterocycles. The molecule has 0 fully saturated rings. The highest BCUT2D eigenvalue weighted by atomic mass is 35.5. The number of benzene rings is 1. The van der Waals surface area contributed by atoms with Gasteiger partial charge in [-0.1, -0.05) is 17.7 Å². The SMILES string of the molecule is Cc1oc2ncn(CCC(=O)Nc3cccc(Cl)c3)c(=O)c2c1C. The lowest BCUT2D eigenvalue weighted by molar-refractivity contribution is -0.116. The Hall–Kier alpha value is -2.60. The molecule has 1 aromatic carbocycles. The minimum Gasteiger partial charge on any atom is -0.443 e. The number of carbonyl (C=O) groups is 1. The number of carbonyl (C=O) groups excluding carboxylic acids is 1. The van der Waals surface area contributed by atoms with Crippen molar-refractivity contribution >= 4 is 34.3 Å². The van der Waals surface area contributed by atoms with Gasteiger partial charge in [-0.2, -0.15) is 0 Å². The summed E-state index contributed by atoms with van der Waals surface area (Å²) in [4.78, 5) is 28.7. The molecular formula is C17H16ClN3O3. The molecule has 0 saturated carbocycles. The number of nitrogens with zero attached hydrogens (tertiary/aromatic N) is 2. The molecule has 0 unspecified atom stereocenters. The van der Waals surface area contributed by atoms with E-state index in [4.69, 9.17) is 16.0 Å². The predicted molar refractivity (Wildman–Crippen MR) is 92.4 cm³/mol. The summed E-state index contributed by atoms with van der Waals surface area (Å²) in [5.74, 6) is 0.468. The Morgan fingerprint density at radius 2 is 2.17 bits per heavy atom. The summed E-state index contributed by atoms with van der Waals surface area (Å²) in [6.45, 7) is 3.84. The Kier molecular flexibility index (Phi) is 4.40. The standard InChI is InChI=1S/C17H16ClN3O3/c1-10-11(2)24-16-15(10)17(23)21(9-19-16)7-6-14(22)20-13-5-3-4-12(18)8-13/h3-5,8-9H,6-7H2,1-2H3,(H,20,22). The van der Waals surface area contributed by atoms with Gasteiger partial charge in [0.05, 0.1) is 0 Å². The van der Waals surface area contributed by atoms with E-state index >= 15 is 0 Å². The van der Waals surface area contributed by atoms with Gasteiger partial charge >= 0.3 is 0 Å². The zero-order valence-corrected chi connectivity index (χ0v) is 14.1. The van der Waals surface area contributed by atoms with Crippen molar-refractivity contribution < 1.29 is 9.21 Å². The van der Waals surface area contributed by atoms with E-state index in [0.717, 1.165) is 5.56 Å². The lowest BCUT2D eigenvalue weighted by Gasteiger charge is -2.07. The van der Waals surface area contributed by atoms with Crippen LogP contribution in [0.4, 0.5) is 5.69 Å². The van der Waals surface area contributed by atoms with Crippen LogP contribution in [0.1, 0.15) is 17.7 Å². The number of furan rings is 1. The summed E-state index contributed by atoms with van der Waals surface area (Å²) >= 11 is 5.88. The molecule has 24 heavy (non-hydrogen) atoms. The second-order valence-corrected chi connectivity index (χ2v) is 5.95. The van der Waals surface area contributed by atoms with Crippen LogP contribution in [0.3, 0.4) is 0 Å². The smallest absolute Gasteiger partial charge is 0.264 e. The average molecular weight is 346 g/mol. The van der Waals surface area contributed by atoms with Crippen molar-refractivity contribution in [3.63, 3.8) is 0 Å². The van der Waals surface area contributed by atoms with E-state index in [1.165, 1.54) is 10.9 Å². The summed E-state index contributed by atoms with van der Waals surface area (Å²) in [7, 11) is 0. The molecule has 0 spiro atoms. The van der Waals surface area contributed by atoms with Gasteiger partial charge in [0, 0.05) is 29.2 Å². The first-order valence-electron chi connectivity index (χ1n) is 7.46. The van der Waals surface area contributed by atoms with E-state index in [0.29, 0.717) is 27.6 Å². The Balaban J connectivity index is 1.74. The number of amides is 1. The maximum atomic E-state index is 12.5. The highest BCUT2D eigenvalue weighted by Gasteiger charge is 2.14. The topological polar surface area (TPSA) is 77.1 Å². The van der Waals surface area contributed by atoms with E-state index in [-0.39, 0.29) is 24.4 Å². The molecule has 0 radical (unpaired) electrons. The maximum Gasteiger partial charge on any atom is 0.264 e. The van der Waals surface area contributed by atoms with Gasteiger partial charge in [-0.25, -0.2) is 4.98 Å². The van der Waals surface area contributed by atoms with E-state index in [1.54, 1.807) is 31.2 Å². The number of rotatable bonds is 4. The maximum absolute atomic E-state index is 12.5. The minimum atomic E-state index is -0.204. The van der Waals surface area contributed by atoms with E-state index in [1.807, 2.05) is 6.92 Å². The molecule has 3 rings (SSSR count). The minimum absolute atomic E-state index is 0.148. The van der Waals surface area contributed by atoms with Crippen LogP contribution in [0.15, 0.2) is 39.8 Å². The summed E-state index contributed by atoms with van der Waals surface area (Å²) in [6, 6.07) is 6.90. The number of hydrogen-bond donors (Lipinski definition) is 1. The Labute approximate surface area is 143 Å². The van der Waals surface area contributed by atoms with Crippen LogP contribution in [0, 0.1) is 13.8 Å². The van der Waals surface area contributed by atoms with Gasteiger partial charge in [-0.3, -0.25) is 14.2 Å². The normalized spacial score (nSPS) is 11.0. The highest BCUT2D eigenvalue weighted by molar-refractivity contribution is 6.30. The van der Waals surface area contributed by atoms with Crippen LogP contribution in [0.25, 0.3) is 11.1 Å². The van der Waals surface area contributed by atoms with E-state index < -0.39 is 0 Å². The molecule has 0 aliphatic rings. The molecule has 2 heterocycles. The largest absolute Gasteiger partial charge is 0.443 e. The zero-order valence-electron chi connectivity index (χ0n) is 13.3. The fraction of sp³-hybridized carbons (Fsp3) is 0.235. The molecule has 3 aromatic rings. The number of aryl methyl sites for hydroxylation is 3. The molecular weight excluding hydrogens is 330 g/mol. The number of nitrogens with one attached hydrogen (secondary N) is 1. The summed E-state index contributed by atoms with van der Waals surface area (Å²) in [5.41, 5.74) is 1.52. The number of fused-ring (bicyclic) bond motifs is 1. The third-order valence-electron chi connectivity index (χ3n) is 3.84. The molecule has 7 heteroatoms. The predicted octanol–water partition coefficient (Wildman–Crippen LogP) is 3.29. The summed E-state index contributed by atoms with van der Waals surface area (Å²) in [5, 5.41) is 3.76.